The van der Waals surface area contributed by atoms with E-state index < -0.39 is 0 Å². The number of hydrogen-bond donors (Lipinski definition) is 1. The van der Waals surface area contributed by atoms with Crippen LogP contribution in [0, 0.1) is 11.8 Å². The average molecular weight is 421 g/mol. The van der Waals surface area contributed by atoms with Gasteiger partial charge in [0.1, 0.15) is 0 Å². The average Bonchev–Trinajstić information content (AvgIpc) is 3.45. The molecule has 2 atom stereocenters. The van der Waals surface area contributed by atoms with Crippen molar-refractivity contribution in [3.63, 3.8) is 0 Å². The standard InChI is InChI=1S/C24H28N4O3/c1-30-24-26-21-15-20(27-9-11-31-12-10-27)7-8-22(21)28(24)23(29)25-16-19-14-18(19)13-17-5-3-2-4-6-17/h2-8,15,18-19H,9-14,16H2,1H3,(H,25,29). The number of carbonyl (C=O) groups is 1. The zero-order chi connectivity index (χ0) is 21.2. The third kappa shape index (κ3) is 4.23. The van der Waals surface area contributed by atoms with Crippen LogP contribution in [0.25, 0.3) is 11.0 Å². The van der Waals surface area contributed by atoms with E-state index in [1.54, 1.807) is 7.11 Å². The molecule has 2 fully saturated rings. The van der Waals surface area contributed by atoms with Crippen molar-refractivity contribution in [2.24, 2.45) is 11.8 Å². The minimum atomic E-state index is -0.191. The van der Waals surface area contributed by atoms with Crippen molar-refractivity contribution >= 4 is 22.8 Å². The van der Waals surface area contributed by atoms with Crippen molar-refractivity contribution in [3.8, 4) is 6.01 Å². The van der Waals surface area contributed by atoms with Gasteiger partial charge in [-0.1, -0.05) is 30.3 Å². The Morgan fingerprint density at radius 1 is 1.16 bits per heavy atom. The number of nitrogens with zero attached hydrogens (tertiary/aromatic N) is 3. The number of methoxy groups -OCH3 is 1. The summed E-state index contributed by atoms with van der Waals surface area (Å²) < 4.78 is 12.4. The van der Waals surface area contributed by atoms with Gasteiger partial charge in [-0.15, -0.1) is 0 Å². The molecule has 2 aliphatic rings. The molecule has 1 aliphatic heterocycles. The monoisotopic (exact) mass is 420 g/mol. The quantitative estimate of drug-likeness (QED) is 0.663. The number of amides is 1. The Morgan fingerprint density at radius 3 is 2.74 bits per heavy atom. The van der Waals surface area contributed by atoms with Crippen LogP contribution in [0.1, 0.15) is 12.0 Å². The van der Waals surface area contributed by atoms with Gasteiger partial charge >= 0.3 is 12.0 Å². The molecule has 0 radical (unpaired) electrons. The van der Waals surface area contributed by atoms with E-state index in [9.17, 15) is 4.79 Å². The molecule has 162 valence electrons. The van der Waals surface area contributed by atoms with E-state index >= 15 is 0 Å². The molecule has 1 saturated carbocycles. The van der Waals surface area contributed by atoms with Crippen LogP contribution in [-0.2, 0) is 11.2 Å². The molecular formula is C24H28N4O3. The number of hydrogen-bond acceptors (Lipinski definition) is 5. The number of aromatic nitrogens is 2. The number of imidazole rings is 1. The third-order valence-corrected chi connectivity index (χ3v) is 6.29. The van der Waals surface area contributed by atoms with Gasteiger partial charge in [-0.05, 0) is 48.4 Å². The van der Waals surface area contributed by atoms with Crippen LogP contribution >= 0.6 is 0 Å². The summed E-state index contributed by atoms with van der Waals surface area (Å²) in [5.41, 5.74) is 3.96. The van der Waals surface area contributed by atoms with Crippen molar-refractivity contribution in [2.45, 2.75) is 12.8 Å². The summed E-state index contributed by atoms with van der Waals surface area (Å²) in [7, 11) is 1.55. The van der Waals surface area contributed by atoms with Crippen LogP contribution in [0.2, 0.25) is 0 Å². The van der Waals surface area contributed by atoms with Crippen LogP contribution < -0.4 is 15.0 Å². The number of fused-ring (bicyclic) bond motifs is 1. The molecule has 7 nitrogen and oxygen atoms in total. The fraction of sp³-hybridized carbons (Fsp3) is 0.417. The molecule has 0 spiro atoms. The Kier molecular flexibility index (Phi) is 5.51. The number of anilines is 1. The minimum absolute atomic E-state index is 0.191. The smallest absolute Gasteiger partial charge is 0.330 e. The minimum Gasteiger partial charge on any atom is -0.468 e. The SMILES string of the molecule is COc1nc2cc(N3CCOCC3)ccc2n1C(=O)NCC1CC1Cc1ccccc1. The second kappa shape index (κ2) is 8.59. The van der Waals surface area contributed by atoms with Crippen LogP contribution in [0.3, 0.4) is 0 Å². The highest BCUT2D eigenvalue weighted by Gasteiger charge is 2.37. The summed E-state index contributed by atoms with van der Waals surface area (Å²) in [6.07, 6.45) is 2.23. The van der Waals surface area contributed by atoms with Crippen molar-refractivity contribution in [1.29, 1.82) is 0 Å². The highest BCUT2D eigenvalue weighted by atomic mass is 16.5. The van der Waals surface area contributed by atoms with Crippen LogP contribution in [-0.4, -0.2) is 55.5 Å². The van der Waals surface area contributed by atoms with Gasteiger partial charge in [0.15, 0.2) is 0 Å². The van der Waals surface area contributed by atoms with E-state index in [2.05, 4.69) is 39.5 Å². The molecule has 2 aromatic carbocycles. The first kappa shape index (κ1) is 19.9. The molecule has 5 rings (SSSR count). The van der Waals surface area contributed by atoms with Gasteiger partial charge in [-0.3, -0.25) is 0 Å². The predicted molar refractivity (Wildman–Crippen MR) is 120 cm³/mol. The van der Waals surface area contributed by atoms with Gasteiger partial charge in [-0.25, -0.2) is 9.36 Å². The first-order valence-corrected chi connectivity index (χ1v) is 10.9. The van der Waals surface area contributed by atoms with Crippen molar-refractivity contribution < 1.29 is 14.3 Å². The zero-order valence-corrected chi connectivity index (χ0v) is 17.8. The van der Waals surface area contributed by atoms with Gasteiger partial charge in [0, 0.05) is 25.3 Å². The van der Waals surface area contributed by atoms with Crippen molar-refractivity contribution in [2.75, 3.05) is 44.9 Å². The summed E-state index contributed by atoms with van der Waals surface area (Å²) in [5.74, 6) is 1.16. The molecule has 1 saturated heterocycles. The Hall–Kier alpha value is -3.06. The van der Waals surface area contributed by atoms with Gasteiger partial charge in [0.25, 0.3) is 0 Å². The third-order valence-electron chi connectivity index (χ3n) is 6.29. The first-order chi connectivity index (χ1) is 15.2. The molecule has 2 heterocycles. The molecule has 1 aliphatic carbocycles. The fourth-order valence-corrected chi connectivity index (χ4v) is 4.42. The van der Waals surface area contributed by atoms with E-state index in [4.69, 9.17) is 9.47 Å². The van der Waals surface area contributed by atoms with E-state index in [1.165, 1.54) is 10.1 Å². The molecule has 7 heteroatoms. The Balaban J connectivity index is 1.26. The topological polar surface area (TPSA) is 68.6 Å². The molecule has 1 N–H and O–H groups in total. The lowest BCUT2D eigenvalue weighted by Gasteiger charge is -2.28. The number of benzene rings is 2. The second-order valence-corrected chi connectivity index (χ2v) is 8.34. The zero-order valence-electron chi connectivity index (χ0n) is 17.8. The lowest BCUT2D eigenvalue weighted by molar-refractivity contribution is 0.122. The first-order valence-electron chi connectivity index (χ1n) is 10.9. The predicted octanol–water partition coefficient (Wildman–Crippen LogP) is 3.32. The van der Waals surface area contributed by atoms with Gasteiger partial charge in [0.2, 0.25) is 0 Å². The van der Waals surface area contributed by atoms with Gasteiger partial charge in [0.05, 0.1) is 31.4 Å². The number of carbonyl (C=O) groups excluding carboxylic acids is 1. The highest BCUT2D eigenvalue weighted by Crippen LogP contribution is 2.40. The largest absolute Gasteiger partial charge is 0.468 e. The van der Waals surface area contributed by atoms with Gasteiger partial charge in [-0.2, -0.15) is 4.98 Å². The maximum Gasteiger partial charge on any atom is 0.330 e. The number of morpholine rings is 1. The van der Waals surface area contributed by atoms with E-state index in [0.29, 0.717) is 24.4 Å². The lowest BCUT2D eigenvalue weighted by Crippen LogP contribution is -2.36. The molecule has 0 bridgehead atoms. The summed E-state index contributed by atoms with van der Waals surface area (Å²) in [6.45, 7) is 3.84. The van der Waals surface area contributed by atoms with E-state index in [1.807, 2.05) is 24.3 Å². The second-order valence-electron chi connectivity index (χ2n) is 8.34. The van der Waals surface area contributed by atoms with E-state index in [-0.39, 0.29) is 6.03 Å². The normalized spacial score (nSPS) is 20.6. The van der Waals surface area contributed by atoms with Crippen molar-refractivity contribution in [1.82, 2.24) is 14.9 Å². The molecule has 31 heavy (non-hydrogen) atoms. The fourth-order valence-electron chi connectivity index (χ4n) is 4.42. The summed E-state index contributed by atoms with van der Waals surface area (Å²) in [5, 5.41) is 3.08. The number of rotatable bonds is 6. The Bertz CT molecular complexity index is 1060. The Labute approximate surface area is 182 Å². The Morgan fingerprint density at radius 2 is 1.97 bits per heavy atom. The van der Waals surface area contributed by atoms with Crippen LogP contribution in [0.5, 0.6) is 6.01 Å². The molecule has 1 amide bonds. The summed E-state index contributed by atoms with van der Waals surface area (Å²) in [4.78, 5) is 19.8. The van der Waals surface area contributed by atoms with Crippen LogP contribution in [0.4, 0.5) is 10.5 Å². The van der Waals surface area contributed by atoms with E-state index in [0.717, 1.165) is 55.9 Å². The number of nitrogens with one attached hydrogen (secondary N) is 1. The maximum absolute atomic E-state index is 13.0. The lowest BCUT2D eigenvalue weighted by atomic mass is 10.1. The molecule has 2 unspecified atom stereocenters. The number of ether oxygens (including phenoxy) is 2. The van der Waals surface area contributed by atoms with Crippen molar-refractivity contribution in [3.05, 3.63) is 54.1 Å². The summed E-state index contributed by atoms with van der Waals surface area (Å²) in [6, 6.07) is 16.7. The molecule has 3 aromatic rings. The molecule has 1 aromatic heterocycles. The maximum atomic E-state index is 13.0. The summed E-state index contributed by atoms with van der Waals surface area (Å²) >= 11 is 0. The highest BCUT2D eigenvalue weighted by molar-refractivity contribution is 5.92. The van der Waals surface area contributed by atoms with Gasteiger partial charge < -0.3 is 19.7 Å². The molecular weight excluding hydrogens is 392 g/mol. The van der Waals surface area contributed by atoms with Crippen LogP contribution in [0.15, 0.2) is 48.5 Å².